The molecular weight excluding hydrogens is 336 g/mol. The molecule has 0 amide bonds. The summed E-state index contributed by atoms with van der Waals surface area (Å²) in [5.41, 5.74) is 4.32. The fourth-order valence-electron chi connectivity index (χ4n) is 4.17. The van der Waals surface area contributed by atoms with E-state index in [2.05, 4.69) is 71.5 Å². The Balaban J connectivity index is 1.59. The SMILES string of the molecule is CCc1n[nH]c(=O)c(CN[C@@H]2CCN(Cc3ccccc3)[C@@H](C)C2)c1CC. The van der Waals surface area contributed by atoms with E-state index < -0.39 is 0 Å². The van der Waals surface area contributed by atoms with E-state index in [0.29, 0.717) is 18.6 Å². The molecule has 2 heterocycles. The molecule has 1 aromatic carbocycles. The molecule has 3 rings (SSSR count). The third-order valence-electron chi connectivity index (χ3n) is 5.78. The van der Waals surface area contributed by atoms with Gasteiger partial charge in [-0.1, -0.05) is 44.2 Å². The van der Waals surface area contributed by atoms with Gasteiger partial charge in [-0.3, -0.25) is 9.69 Å². The molecule has 27 heavy (non-hydrogen) atoms. The van der Waals surface area contributed by atoms with E-state index in [1.807, 2.05) is 0 Å². The third-order valence-corrected chi connectivity index (χ3v) is 5.78. The van der Waals surface area contributed by atoms with Gasteiger partial charge < -0.3 is 5.32 Å². The van der Waals surface area contributed by atoms with Crippen LogP contribution in [0.2, 0.25) is 0 Å². The lowest BCUT2D eigenvalue weighted by Crippen LogP contribution is -2.47. The molecule has 5 nitrogen and oxygen atoms in total. The lowest BCUT2D eigenvalue weighted by molar-refractivity contribution is 0.128. The fourth-order valence-corrected chi connectivity index (χ4v) is 4.17. The van der Waals surface area contributed by atoms with Gasteiger partial charge in [0.2, 0.25) is 0 Å². The lowest BCUT2D eigenvalue weighted by atomic mass is 9.96. The van der Waals surface area contributed by atoms with Gasteiger partial charge in [-0.2, -0.15) is 5.10 Å². The Morgan fingerprint density at radius 3 is 2.63 bits per heavy atom. The Hall–Kier alpha value is -1.98. The number of aromatic nitrogens is 2. The Morgan fingerprint density at radius 2 is 1.96 bits per heavy atom. The van der Waals surface area contributed by atoms with Gasteiger partial charge in [0.15, 0.2) is 0 Å². The zero-order valence-corrected chi connectivity index (χ0v) is 16.8. The van der Waals surface area contributed by atoms with Crippen LogP contribution in [0.15, 0.2) is 35.1 Å². The van der Waals surface area contributed by atoms with Crippen LogP contribution in [0, 0.1) is 0 Å². The molecule has 2 aromatic rings. The van der Waals surface area contributed by atoms with E-state index in [9.17, 15) is 4.79 Å². The molecule has 1 saturated heterocycles. The summed E-state index contributed by atoms with van der Waals surface area (Å²) in [6.45, 7) is 9.22. The van der Waals surface area contributed by atoms with Gasteiger partial charge in [0, 0.05) is 37.3 Å². The average molecular weight is 369 g/mol. The minimum atomic E-state index is -0.0499. The van der Waals surface area contributed by atoms with Crippen molar-refractivity contribution in [2.75, 3.05) is 6.54 Å². The molecule has 1 aliphatic heterocycles. The average Bonchev–Trinajstić information content (AvgIpc) is 2.69. The summed E-state index contributed by atoms with van der Waals surface area (Å²) in [5.74, 6) is 0. The highest BCUT2D eigenvalue weighted by Crippen LogP contribution is 2.20. The van der Waals surface area contributed by atoms with Gasteiger partial charge in [-0.05, 0) is 43.7 Å². The number of benzene rings is 1. The lowest BCUT2D eigenvalue weighted by Gasteiger charge is -2.38. The second-order valence-corrected chi connectivity index (χ2v) is 7.57. The van der Waals surface area contributed by atoms with Gasteiger partial charge >= 0.3 is 0 Å². The number of hydrogen-bond donors (Lipinski definition) is 2. The van der Waals surface area contributed by atoms with Gasteiger partial charge in [-0.25, -0.2) is 5.10 Å². The second-order valence-electron chi connectivity index (χ2n) is 7.57. The van der Waals surface area contributed by atoms with Crippen LogP contribution in [0.1, 0.15) is 56.0 Å². The first-order valence-corrected chi connectivity index (χ1v) is 10.2. The number of nitrogens with one attached hydrogen (secondary N) is 2. The summed E-state index contributed by atoms with van der Waals surface area (Å²) in [6.07, 6.45) is 3.92. The Labute approximate surface area is 162 Å². The molecule has 0 unspecified atom stereocenters. The van der Waals surface area contributed by atoms with Gasteiger partial charge in [0.25, 0.3) is 5.56 Å². The summed E-state index contributed by atoms with van der Waals surface area (Å²) in [5, 5.41) is 10.5. The summed E-state index contributed by atoms with van der Waals surface area (Å²) in [4.78, 5) is 14.8. The number of aryl methyl sites for hydroxylation is 1. The van der Waals surface area contributed by atoms with Crippen molar-refractivity contribution in [1.29, 1.82) is 0 Å². The number of piperidine rings is 1. The number of likely N-dealkylation sites (tertiary alicyclic amines) is 1. The molecule has 0 radical (unpaired) electrons. The molecule has 0 bridgehead atoms. The van der Waals surface area contributed by atoms with Crippen LogP contribution >= 0.6 is 0 Å². The van der Waals surface area contributed by atoms with Crippen LogP contribution in [-0.2, 0) is 25.9 Å². The van der Waals surface area contributed by atoms with Gasteiger partial charge in [0.05, 0.1) is 5.69 Å². The van der Waals surface area contributed by atoms with Crippen molar-refractivity contribution in [3.05, 3.63) is 63.1 Å². The van der Waals surface area contributed by atoms with E-state index in [1.165, 1.54) is 5.56 Å². The molecule has 1 fully saturated rings. The van der Waals surface area contributed by atoms with Crippen LogP contribution in [0.4, 0.5) is 0 Å². The normalized spacial score (nSPS) is 20.7. The quantitative estimate of drug-likeness (QED) is 0.789. The molecule has 5 heteroatoms. The Bertz CT molecular complexity index is 787. The molecule has 2 N–H and O–H groups in total. The predicted molar refractivity (Wildman–Crippen MR) is 110 cm³/mol. The van der Waals surface area contributed by atoms with Crippen LogP contribution in [0.5, 0.6) is 0 Å². The number of nitrogens with zero attached hydrogens (tertiary/aromatic N) is 2. The molecular formula is C22H32N4O. The summed E-state index contributed by atoms with van der Waals surface area (Å²) < 4.78 is 0. The first-order valence-electron chi connectivity index (χ1n) is 10.2. The first-order chi connectivity index (χ1) is 13.1. The van der Waals surface area contributed by atoms with Crippen molar-refractivity contribution in [3.63, 3.8) is 0 Å². The molecule has 0 saturated carbocycles. The van der Waals surface area contributed by atoms with Gasteiger partial charge in [-0.15, -0.1) is 0 Å². The largest absolute Gasteiger partial charge is 0.310 e. The zero-order chi connectivity index (χ0) is 19.2. The van der Waals surface area contributed by atoms with Crippen LogP contribution in [-0.4, -0.2) is 33.7 Å². The molecule has 1 aromatic heterocycles. The third kappa shape index (κ3) is 4.85. The van der Waals surface area contributed by atoms with Crippen molar-refractivity contribution < 1.29 is 0 Å². The molecule has 1 aliphatic rings. The van der Waals surface area contributed by atoms with Crippen molar-refractivity contribution in [2.45, 2.75) is 71.6 Å². The maximum Gasteiger partial charge on any atom is 0.268 e. The summed E-state index contributed by atoms with van der Waals surface area (Å²) >= 11 is 0. The standard InChI is InChI=1S/C22H32N4O/c1-4-19-20(22(27)25-24-21(19)5-2)14-23-18-11-12-26(16(3)13-18)15-17-9-7-6-8-10-17/h6-10,16,18,23H,4-5,11-15H2,1-3H3,(H,25,27)/t16-,18+/m0/s1. The van der Waals surface area contributed by atoms with Crippen molar-refractivity contribution >= 4 is 0 Å². The van der Waals surface area contributed by atoms with E-state index >= 15 is 0 Å². The Morgan fingerprint density at radius 1 is 1.19 bits per heavy atom. The molecule has 0 aliphatic carbocycles. The smallest absolute Gasteiger partial charge is 0.268 e. The number of H-pyrrole nitrogens is 1. The second kappa shape index (κ2) is 9.29. The monoisotopic (exact) mass is 368 g/mol. The minimum absolute atomic E-state index is 0.0499. The fraction of sp³-hybridized carbons (Fsp3) is 0.545. The number of rotatable bonds is 7. The van der Waals surface area contributed by atoms with Crippen LogP contribution < -0.4 is 10.9 Å². The van der Waals surface area contributed by atoms with Gasteiger partial charge in [0.1, 0.15) is 0 Å². The summed E-state index contributed by atoms with van der Waals surface area (Å²) in [7, 11) is 0. The highest BCUT2D eigenvalue weighted by molar-refractivity contribution is 5.28. The highest BCUT2D eigenvalue weighted by atomic mass is 16.1. The van der Waals surface area contributed by atoms with Crippen molar-refractivity contribution in [3.8, 4) is 0 Å². The molecule has 146 valence electrons. The van der Waals surface area contributed by atoms with E-state index in [-0.39, 0.29) is 5.56 Å². The highest BCUT2D eigenvalue weighted by Gasteiger charge is 2.25. The topological polar surface area (TPSA) is 61.0 Å². The van der Waals surface area contributed by atoms with E-state index in [1.54, 1.807) is 0 Å². The molecule has 0 spiro atoms. The maximum atomic E-state index is 12.3. The predicted octanol–water partition coefficient (Wildman–Crippen LogP) is 3.04. The first kappa shape index (κ1) is 19.8. The Kier molecular flexibility index (Phi) is 6.80. The maximum absolute atomic E-state index is 12.3. The van der Waals surface area contributed by atoms with Crippen molar-refractivity contribution in [2.24, 2.45) is 0 Å². The minimum Gasteiger partial charge on any atom is -0.310 e. The number of hydrogen-bond acceptors (Lipinski definition) is 4. The summed E-state index contributed by atoms with van der Waals surface area (Å²) in [6, 6.07) is 11.7. The van der Waals surface area contributed by atoms with E-state index in [4.69, 9.17) is 0 Å². The molecule has 2 atom stereocenters. The van der Waals surface area contributed by atoms with E-state index in [0.717, 1.165) is 55.6 Å². The number of aromatic amines is 1. The van der Waals surface area contributed by atoms with Crippen molar-refractivity contribution in [1.82, 2.24) is 20.4 Å². The van der Waals surface area contributed by atoms with Crippen LogP contribution in [0.25, 0.3) is 0 Å². The zero-order valence-electron chi connectivity index (χ0n) is 16.8. The van der Waals surface area contributed by atoms with Crippen LogP contribution in [0.3, 0.4) is 0 Å².